The molecule has 0 spiro atoms. The van der Waals surface area contributed by atoms with Crippen molar-refractivity contribution in [3.05, 3.63) is 29.8 Å². The highest BCUT2D eigenvalue weighted by Crippen LogP contribution is 2.20. The smallest absolute Gasteiger partial charge is 0.322 e. The van der Waals surface area contributed by atoms with E-state index in [9.17, 15) is 14.7 Å². The Labute approximate surface area is 79.7 Å². The minimum absolute atomic E-state index is 0.0662. The van der Waals surface area contributed by atoms with Crippen LogP contribution in [0.3, 0.4) is 0 Å². The number of carbonyl (C=O) groups is 2. The van der Waals surface area contributed by atoms with Gasteiger partial charge in [-0.05, 0) is 17.7 Å². The molecule has 0 saturated carbocycles. The fourth-order valence-corrected chi connectivity index (χ4v) is 1.36. The number of phenolic OH excluding ortho intramolecular Hbond substituents is 1. The first-order chi connectivity index (χ1) is 6.66. The third-order valence-electron chi connectivity index (χ3n) is 1.98. The Bertz CT molecular complexity index is 403. The van der Waals surface area contributed by atoms with Crippen molar-refractivity contribution in [2.24, 2.45) is 0 Å². The molecule has 0 aliphatic carbocycles. The fraction of sp³-hybridized carbons (Fsp3) is 0.111. The average molecular weight is 192 g/mol. The van der Waals surface area contributed by atoms with E-state index < -0.39 is 18.0 Å². The van der Waals surface area contributed by atoms with Crippen LogP contribution in [-0.4, -0.2) is 17.0 Å². The summed E-state index contributed by atoms with van der Waals surface area (Å²) in [7, 11) is 0. The molecule has 14 heavy (non-hydrogen) atoms. The molecule has 0 radical (unpaired) electrons. The molecule has 1 aromatic carbocycles. The molecule has 1 aromatic rings. The van der Waals surface area contributed by atoms with Crippen molar-refractivity contribution >= 4 is 11.9 Å². The van der Waals surface area contributed by atoms with Crippen LogP contribution in [0, 0.1) is 0 Å². The number of imide groups is 1. The topological polar surface area (TPSA) is 78.4 Å². The van der Waals surface area contributed by atoms with Crippen molar-refractivity contribution in [3.8, 4) is 5.75 Å². The Morgan fingerprint density at radius 3 is 2.64 bits per heavy atom. The van der Waals surface area contributed by atoms with E-state index >= 15 is 0 Å². The van der Waals surface area contributed by atoms with Gasteiger partial charge >= 0.3 is 6.03 Å². The molecule has 3 N–H and O–H groups in total. The summed E-state index contributed by atoms with van der Waals surface area (Å²) in [4.78, 5) is 22.0. The van der Waals surface area contributed by atoms with Gasteiger partial charge in [-0.25, -0.2) is 4.79 Å². The first-order valence-electron chi connectivity index (χ1n) is 4.07. The summed E-state index contributed by atoms with van der Waals surface area (Å²) in [6, 6.07) is 5.00. The van der Waals surface area contributed by atoms with Crippen LogP contribution in [0.1, 0.15) is 11.6 Å². The van der Waals surface area contributed by atoms with Crippen LogP contribution in [0.4, 0.5) is 4.79 Å². The maximum absolute atomic E-state index is 11.2. The van der Waals surface area contributed by atoms with E-state index in [-0.39, 0.29) is 5.75 Å². The number of nitrogens with one attached hydrogen (secondary N) is 2. The molecule has 0 aromatic heterocycles. The van der Waals surface area contributed by atoms with E-state index in [1.54, 1.807) is 12.1 Å². The molecule has 1 aliphatic heterocycles. The van der Waals surface area contributed by atoms with Crippen molar-refractivity contribution < 1.29 is 14.7 Å². The second kappa shape index (κ2) is 3.02. The van der Waals surface area contributed by atoms with E-state index in [2.05, 4.69) is 10.6 Å². The predicted octanol–water partition coefficient (Wildman–Crippen LogP) is 0.273. The summed E-state index contributed by atoms with van der Waals surface area (Å²) in [6.45, 7) is 0. The van der Waals surface area contributed by atoms with E-state index in [0.717, 1.165) is 0 Å². The lowest BCUT2D eigenvalue weighted by Gasteiger charge is -2.06. The monoisotopic (exact) mass is 192 g/mol. The molecular formula is C9H8N2O3. The molecule has 72 valence electrons. The van der Waals surface area contributed by atoms with Crippen LogP contribution in [0.25, 0.3) is 0 Å². The number of carbonyl (C=O) groups excluding carboxylic acids is 2. The SMILES string of the molecule is O=C1NC(=O)[C@H](c2cccc(O)c2)N1. The predicted molar refractivity (Wildman–Crippen MR) is 47.5 cm³/mol. The van der Waals surface area contributed by atoms with Gasteiger partial charge in [-0.15, -0.1) is 0 Å². The molecule has 1 atom stereocenters. The Hall–Kier alpha value is -2.04. The van der Waals surface area contributed by atoms with Gasteiger partial charge in [0.05, 0.1) is 0 Å². The van der Waals surface area contributed by atoms with Gasteiger partial charge in [0.1, 0.15) is 11.8 Å². The second-order valence-corrected chi connectivity index (χ2v) is 2.99. The molecular weight excluding hydrogens is 184 g/mol. The van der Waals surface area contributed by atoms with Crippen molar-refractivity contribution in [1.82, 2.24) is 10.6 Å². The number of hydrogen-bond donors (Lipinski definition) is 3. The molecule has 1 heterocycles. The Morgan fingerprint density at radius 2 is 2.07 bits per heavy atom. The van der Waals surface area contributed by atoms with Crippen molar-refractivity contribution in [3.63, 3.8) is 0 Å². The molecule has 2 rings (SSSR count). The number of amides is 3. The van der Waals surface area contributed by atoms with Crippen LogP contribution in [0.5, 0.6) is 5.75 Å². The van der Waals surface area contributed by atoms with Crippen LogP contribution < -0.4 is 10.6 Å². The molecule has 5 heteroatoms. The maximum atomic E-state index is 11.2. The highest BCUT2D eigenvalue weighted by Gasteiger charge is 2.30. The Morgan fingerprint density at radius 1 is 1.29 bits per heavy atom. The summed E-state index contributed by atoms with van der Waals surface area (Å²) in [6.07, 6.45) is 0. The number of hydrogen-bond acceptors (Lipinski definition) is 3. The summed E-state index contributed by atoms with van der Waals surface area (Å²) in [5, 5.41) is 13.7. The summed E-state index contributed by atoms with van der Waals surface area (Å²) in [5.41, 5.74) is 0.563. The number of benzene rings is 1. The second-order valence-electron chi connectivity index (χ2n) is 2.99. The van der Waals surface area contributed by atoms with Crippen LogP contribution in [0.15, 0.2) is 24.3 Å². The van der Waals surface area contributed by atoms with Crippen LogP contribution in [-0.2, 0) is 4.79 Å². The van der Waals surface area contributed by atoms with Gasteiger partial charge in [-0.1, -0.05) is 12.1 Å². The van der Waals surface area contributed by atoms with Gasteiger partial charge in [0.15, 0.2) is 0 Å². The van der Waals surface area contributed by atoms with Gasteiger partial charge in [-0.2, -0.15) is 0 Å². The summed E-state index contributed by atoms with van der Waals surface area (Å²) < 4.78 is 0. The van der Waals surface area contributed by atoms with Gasteiger partial charge in [-0.3, -0.25) is 10.1 Å². The molecule has 3 amide bonds. The zero-order valence-corrected chi connectivity index (χ0v) is 7.15. The Balaban J connectivity index is 2.31. The minimum Gasteiger partial charge on any atom is -0.508 e. The first-order valence-corrected chi connectivity index (χ1v) is 4.07. The van der Waals surface area contributed by atoms with E-state index in [4.69, 9.17) is 0 Å². The van der Waals surface area contributed by atoms with Gasteiger partial charge in [0, 0.05) is 0 Å². The standard InChI is InChI=1S/C9H8N2O3/c12-6-3-1-2-5(4-6)7-8(13)11-9(14)10-7/h1-4,7,12H,(H2,10,11,13,14)/t7-/m0/s1. The van der Waals surface area contributed by atoms with Gasteiger partial charge in [0.2, 0.25) is 0 Å². The summed E-state index contributed by atoms with van der Waals surface area (Å²) >= 11 is 0. The number of urea groups is 1. The van der Waals surface area contributed by atoms with E-state index in [1.807, 2.05) is 0 Å². The first kappa shape index (κ1) is 8.55. The zero-order valence-electron chi connectivity index (χ0n) is 7.15. The van der Waals surface area contributed by atoms with Crippen LogP contribution >= 0.6 is 0 Å². The Kier molecular flexibility index (Phi) is 1.85. The third kappa shape index (κ3) is 1.39. The highest BCUT2D eigenvalue weighted by atomic mass is 16.3. The third-order valence-corrected chi connectivity index (χ3v) is 1.98. The number of aromatic hydroxyl groups is 1. The van der Waals surface area contributed by atoms with Gasteiger partial charge < -0.3 is 10.4 Å². The number of phenols is 1. The zero-order chi connectivity index (χ0) is 10.1. The van der Waals surface area contributed by atoms with Crippen molar-refractivity contribution in [2.75, 3.05) is 0 Å². The minimum atomic E-state index is -0.699. The molecule has 0 unspecified atom stereocenters. The number of rotatable bonds is 1. The van der Waals surface area contributed by atoms with E-state index in [1.165, 1.54) is 12.1 Å². The molecule has 5 nitrogen and oxygen atoms in total. The molecule has 1 saturated heterocycles. The van der Waals surface area contributed by atoms with E-state index in [0.29, 0.717) is 5.56 Å². The van der Waals surface area contributed by atoms with Crippen molar-refractivity contribution in [2.45, 2.75) is 6.04 Å². The van der Waals surface area contributed by atoms with Crippen LogP contribution in [0.2, 0.25) is 0 Å². The molecule has 0 bridgehead atoms. The lowest BCUT2D eigenvalue weighted by Crippen LogP contribution is -2.22. The quantitative estimate of drug-likeness (QED) is 0.559. The lowest BCUT2D eigenvalue weighted by molar-refractivity contribution is -0.120. The van der Waals surface area contributed by atoms with Gasteiger partial charge in [0.25, 0.3) is 5.91 Å². The average Bonchev–Trinajstić information content (AvgIpc) is 2.45. The highest BCUT2D eigenvalue weighted by molar-refractivity contribution is 6.04. The lowest BCUT2D eigenvalue weighted by atomic mass is 10.1. The fourth-order valence-electron chi connectivity index (χ4n) is 1.36. The maximum Gasteiger partial charge on any atom is 0.322 e. The molecule has 1 fully saturated rings. The van der Waals surface area contributed by atoms with Crippen molar-refractivity contribution in [1.29, 1.82) is 0 Å². The largest absolute Gasteiger partial charge is 0.508 e. The molecule has 1 aliphatic rings. The summed E-state index contributed by atoms with van der Waals surface area (Å²) in [5.74, 6) is -0.336. The normalized spacial score (nSPS) is 20.4.